The fourth-order valence-corrected chi connectivity index (χ4v) is 2.46. The number of anilines is 1. The van der Waals surface area contributed by atoms with Crippen molar-refractivity contribution in [3.8, 4) is 0 Å². The fourth-order valence-electron chi connectivity index (χ4n) is 2.46. The third kappa shape index (κ3) is 4.07. The molecule has 1 heterocycles. The van der Waals surface area contributed by atoms with Crippen molar-refractivity contribution in [3.63, 3.8) is 0 Å². The molecule has 0 saturated carbocycles. The predicted molar refractivity (Wildman–Crippen MR) is 88.8 cm³/mol. The largest absolute Gasteiger partial charge is 0.497 e. The van der Waals surface area contributed by atoms with E-state index in [9.17, 15) is 0 Å². The molecule has 0 spiro atoms. The van der Waals surface area contributed by atoms with Crippen LogP contribution in [0.3, 0.4) is 0 Å². The van der Waals surface area contributed by atoms with Crippen LogP contribution >= 0.6 is 0 Å². The van der Waals surface area contributed by atoms with Crippen LogP contribution in [-0.2, 0) is 15.9 Å². The molecule has 22 heavy (non-hydrogen) atoms. The zero-order valence-electron chi connectivity index (χ0n) is 13.9. The van der Waals surface area contributed by atoms with E-state index in [2.05, 4.69) is 29.1 Å². The first-order valence-electron chi connectivity index (χ1n) is 7.76. The lowest BCUT2D eigenvalue weighted by atomic mass is 10.1. The van der Waals surface area contributed by atoms with E-state index in [4.69, 9.17) is 9.47 Å². The molecule has 0 bridgehead atoms. The van der Waals surface area contributed by atoms with Crippen molar-refractivity contribution >= 4 is 11.9 Å². The number of aryl methyl sites for hydroxylation is 1. The Hall–Kier alpha value is -1.88. The minimum absolute atomic E-state index is 0.680. The van der Waals surface area contributed by atoms with Crippen LogP contribution in [0.15, 0.2) is 17.4 Å². The maximum atomic E-state index is 5.51. The zero-order valence-corrected chi connectivity index (χ0v) is 13.9. The molecule has 1 aromatic rings. The van der Waals surface area contributed by atoms with Gasteiger partial charge in [0.15, 0.2) is 0 Å². The van der Waals surface area contributed by atoms with Crippen molar-refractivity contribution in [2.24, 2.45) is 0 Å². The van der Waals surface area contributed by atoms with E-state index in [1.54, 1.807) is 7.11 Å². The van der Waals surface area contributed by atoms with Gasteiger partial charge in [-0.25, -0.2) is 9.97 Å². The topological polar surface area (TPSA) is 56.3 Å². The maximum Gasteiger partial charge on any atom is 0.133 e. The van der Waals surface area contributed by atoms with Crippen molar-refractivity contribution in [2.75, 3.05) is 32.2 Å². The van der Waals surface area contributed by atoms with Gasteiger partial charge in [0.25, 0.3) is 0 Å². The van der Waals surface area contributed by atoms with Crippen molar-refractivity contribution in [1.29, 1.82) is 0 Å². The molecule has 0 aliphatic heterocycles. The highest BCUT2D eigenvalue weighted by Crippen LogP contribution is 2.26. The number of allylic oxidation sites excluding steroid dienone is 2. The van der Waals surface area contributed by atoms with Gasteiger partial charge in [-0.15, -0.1) is 0 Å². The van der Waals surface area contributed by atoms with Crippen LogP contribution in [0.5, 0.6) is 0 Å². The fraction of sp³-hybridized carbons (Fsp3) is 0.529. The van der Waals surface area contributed by atoms with E-state index in [0.29, 0.717) is 6.61 Å². The van der Waals surface area contributed by atoms with Crippen molar-refractivity contribution < 1.29 is 9.47 Å². The Morgan fingerprint density at radius 2 is 2.00 bits per heavy atom. The second-order valence-electron chi connectivity index (χ2n) is 5.38. The zero-order chi connectivity index (χ0) is 15.9. The van der Waals surface area contributed by atoms with Gasteiger partial charge in [-0.05, 0) is 38.0 Å². The summed E-state index contributed by atoms with van der Waals surface area (Å²) < 4.78 is 10.9. The smallest absolute Gasteiger partial charge is 0.133 e. The minimum Gasteiger partial charge on any atom is -0.497 e. The summed E-state index contributed by atoms with van der Waals surface area (Å²) in [6.07, 6.45) is 5.79. The highest BCUT2D eigenvalue weighted by molar-refractivity contribution is 5.63. The van der Waals surface area contributed by atoms with E-state index < -0.39 is 0 Å². The number of ether oxygens (including phenoxy) is 2. The van der Waals surface area contributed by atoms with E-state index in [1.807, 2.05) is 19.1 Å². The van der Waals surface area contributed by atoms with Gasteiger partial charge in [-0.1, -0.05) is 6.92 Å². The molecule has 120 valence electrons. The number of aromatic nitrogens is 2. The first-order valence-corrected chi connectivity index (χ1v) is 7.76. The van der Waals surface area contributed by atoms with Gasteiger partial charge in [-0.3, -0.25) is 0 Å². The Kier molecular flexibility index (Phi) is 5.95. The highest BCUT2D eigenvalue weighted by atomic mass is 16.5. The van der Waals surface area contributed by atoms with Gasteiger partial charge < -0.3 is 14.8 Å². The summed E-state index contributed by atoms with van der Waals surface area (Å²) in [7, 11) is 1.69. The van der Waals surface area contributed by atoms with Crippen LogP contribution in [0.1, 0.15) is 37.4 Å². The Bertz CT molecular complexity index is 580. The van der Waals surface area contributed by atoms with Crippen LogP contribution in [0, 0.1) is 6.92 Å². The third-order valence-electron chi connectivity index (χ3n) is 3.51. The first kappa shape index (κ1) is 16.5. The summed E-state index contributed by atoms with van der Waals surface area (Å²) in [6, 6.07) is 0. The molecule has 5 heteroatoms. The van der Waals surface area contributed by atoms with E-state index in [0.717, 1.165) is 54.7 Å². The first-order chi connectivity index (χ1) is 10.7. The van der Waals surface area contributed by atoms with Crippen molar-refractivity contribution in [1.82, 2.24) is 9.97 Å². The molecule has 0 fully saturated rings. The van der Waals surface area contributed by atoms with E-state index >= 15 is 0 Å². The number of nitrogens with one attached hydrogen (secondary N) is 1. The molecule has 0 atom stereocenters. The predicted octanol–water partition coefficient (Wildman–Crippen LogP) is 3.11. The van der Waals surface area contributed by atoms with Gasteiger partial charge in [0.1, 0.15) is 17.4 Å². The van der Waals surface area contributed by atoms with E-state index in [-0.39, 0.29) is 0 Å². The van der Waals surface area contributed by atoms with Crippen LogP contribution in [0.25, 0.3) is 6.08 Å². The van der Waals surface area contributed by atoms with E-state index in [1.165, 1.54) is 5.57 Å². The molecule has 0 saturated heterocycles. The molecule has 1 aliphatic carbocycles. The summed E-state index contributed by atoms with van der Waals surface area (Å²) in [5.41, 5.74) is 3.24. The standard InChI is InChI=1S/C17H25N3O2/c1-5-9-22-10-8-18-17-14-11-12(2)16(21-4)7-6-15(14)19-13(3)20-17/h6-7H,5,8-11H2,1-4H3,(H,18,19,20). The molecular formula is C17H25N3O2. The van der Waals surface area contributed by atoms with Crippen LogP contribution in [0.4, 0.5) is 5.82 Å². The Morgan fingerprint density at radius 3 is 2.73 bits per heavy atom. The summed E-state index contributed by atoms with van der Waals surface area (Å²) >= 11 is 0. The molecule has 0 aromatic carbocycles. The summed E-state index contributed by atoms with van der Waals surface area (Å²) in [5.74, 6) is 2.55. The lowest BCUT2D eigenvalue weighted by molar-refractivity contribution is 0.144. The molecule has 1 aromatic heterocycles. The molecule has 0 amide bonds. The molecular weight excluding hydrogens is 278 g/mol. The SMILES string of the molecule is CCCOCCNc1nc(C)nc2c1CC(C)=C(OC)C=C2. The minimum atomic E-state index is 0.680. The number of methoxy groups -OCH3 is 1. The number of rotatable bonds is 7. The number of hydrogen-bond donors (Lipinski definition) is 1. The van der Waals surface area contributed by atoms with Gasteiger partial charge in [0.05, 0.1) is 19.4 Å². The van der Waals surface area contributed by atoms with Gasteiger partial charge in [0.2, 0.25) is 0 Å². The lowest BCUT2D eigenvalue weighted by Gasteiger charge is -2.14. The summed E-state index contributed by atoms with van der Waals surface area (Å²) in [5, 5.41) is 3.38. The number of fused-ring (bicyclic) bond motifs is 1. The monoisotopic (exact) mass is 303 g/mol. The Morgan fingerprint density at radius 1 is 1.18 bits per heavy atom. The van der Waals surface area contributed by atoms with Crippen molar-refractivity contribution in [3.05, 3.63) is 34.5 Å². The Balaban J connectivity index is 2.18. The third-order valence-corrected chi connectivity index (χ3v) is 3.51. The van der Waals surface area contributed by atoms with Crippen LogP contribution in [0.2, 0.25) is 0 Å². The second kappa shape index (κ2) is 7.94. The molecule has 0 radical (unpaired) electrons. The average molecular weight is 303 g/mol. The quantitative estimate of drug-likeness (QED) is 0.784. The van der Waals surface area contributed by atoms with Crippen LogP contribution < -0.4 is 5.32 Å². The normalized spacial score (nSPS) is 13.8. The van der Waals surface area contributed by atoms with Crippen molar-refractivity contribution in [2.45, 2.75) is 33.6 Å². The molecule has 0 unspecified atom stereocenters. The van der Waals surface area contributed by atoms with Gasteiger partial charge in [-0.2, -0.15) is 0 Å². The molecule has 1 N–H and O–H groups in total. The molecule has 5 nitrogen and oxygen atoms in total. The average Bonchev–Trinajstić information content (AvgIpc) is 2.65. The number of hydrogen-bond acceptors (Lipinski definition) is 5. The number of nitrogens with zero attached hydrogens (tertiary/aromatic N) is 2. The molecule has 1 aliphatic rings. The van der Waals surface area contributed by atoms with Gasteiger partial charge >= 0.3 is 0 Å². The second-order valence-corrected chi connectivity index (χ2v) is 5.38. The lowest BCUT2D eigenvalue weighted by Crippen LogP contribution is -2.14. The van der Waals surface area contributed by atoms with Gasteiger partial charge in [0, 0.05) is 25.1 Å². The van der Waals surface area contributed by atoms with Crippen LogP contribution in [-0.4, -0.2) is 36.8 Å². The highest BCUT2D eigenvalue weighted by Gasteiger charge is 2.16. The Labute approximate surface area is 132 Å². The molecule has 2 rings (SSSR count). The maximum absolute atomic E-state index is 5.51. The summed E-state index contributed by atoms with van der Waals surface area (Å²) in [6.45, 7) is 8.31. The summed E-state index contributed by atoms with van der Waals surface area (Å²) in [4.78, 5) is 9.10.